The van der Waals surface area contributed by atoms with Crippen LogP contribution in [-0.4, -0.2) is 38.1 Å². The number of ether oxygens (including phenoxy) is 2. The van der Waals surface area contributed by atoms with Crippen molar-refractivity contribution in [3.8, 4) is 0 Å². The van der Waals surface area contributed by atoms with Gasteiger partial charge in [0.05, 0.1) is 29.2 Å². The van der Waals surface area contributed by atoms with Crippen LogP contribution < -0.4 is 29.6 Å². The second-order valence-electron chi connectivity index (χ2n) is 13.6. The topological polar surface area (TPSA) is 110 Å². The standard InChI is InChI=1S/C42H70O7S.Na/c1-3-5-7-9-11-13-15-17-19-21-23-25-27-29-31-36-48-41(43)38-34-33-35-39(50(45,46)47)40(38)42(44)49-37-32-30-28-26-24-22-20-18-16-14-12-10-8-6-4-2;/h15-18,33-35H,3-14,19-32,36-37H2,1-2H3,(H,45,46,47);/q;+1/p-1/b17-15+,18-16+;. The molecular formula is C42H69NaO7S. The summed E-state index contributed by atoms with van der Waals surface area (Å²) < 4.78 is 46.6. The largest absolute Gasteiger partial charge is 1.00 e. The molecule has 0 heterocycles. The van der Waals surface area contributed by atoms with E-state index in [1.165, 1.54) is 102 Å². The number of hydrogen-bond acceptors (Lipinski definition) is 7. The summed E-state index contributed by atoms with van der Waals surface area (Å²) in [7, 11) is -5.01. The fraction of sp³-hybridized carbons (Fsp3) is 0.714. The van der Waals surface area contributed by atoms with E-state index in [-0.39, 0.29) is 48.3 Å². The molecule has 0 unspecified atom stereocenters. The number of allylic oxidation sites excluding steroid dienone is 4. The first kappa shape index (κ1) is 49.6. The van der Waals surface area contributed by atoms with Crippen LogP contribution in [0.2, 0.25) is 0 Å². The fourth-order valence-electron chi connectivity index (χ4n) is 5.95. The minimum atomic E-state index is -5.01. The Bertz CT molecular complexity index is 1180. The number of benzene rings is 1. The van der Waals surface area contributed by atoms with Crippen molar-refractivity contribution in [2.24, 2.45) is 0 Å². The molecular weight excluding hydrogens is 672 g/mol. The maximum absolute atomic E-state index is 13.0. The summed E-state index contributed by atoms with van der Waals surface area (Å²) >= 11 is 0. The van der Waals surface area contributed by atoms with Crippen molar-refractivity contribution in [3.05, 3.63) is 53.6 Å². The molecule has 0 aliphatic heterocycles. The third kappa shape index (κ3) is 26.9. The Balaban J connectivity index is 0.0000250. The number of carbonyl (C=O) groups excluding carboxylic acids is 2. The van der Waals surface area contributed by atoms with Crippen LogP contribution in [0.25, 0.3) is 0 Å². The Kier molecular flexibility index (Phi) is 33.4. The zero-order valence-corrected chi connectivity index (χ0v) is 35.4. The molecule has 9 heteroatoms. The van der Waals surface area contributed by atoms with Gasteiger partial charge in [-0.2, -0.15) is 0 Å². The van der Waals surface area contributed by atoms with E-state index in [1.807, 2.05) is 0 Å². The van der Waals surface area contributed by atoms with Crippen molar-refractivity contribution in [1.29, 1.82) is 0 Å². The molecule has 0 bridgehead atoms. The van der Waals surface area contributed by atoms with Crippen LogP contribution in [0, 0.1) is 0 Å². The maximum atomic E-state index is 13.0. The van der Waals surface area contributed by atoms with Crippen LogP contribution in [0.15, 0.2) is 47.4 Å². The quantitative estimate of drug-likeness (QED) is 0.0232. The Morgan fingerprint density at radius 2 is 0.902 bits per heavy atom. The first-order valence-electron chi connectivity index (χ1n) is 20.1. The third-order valence-corrected chi connectivity index (χ3v) is 9.88. The second kappa shape index (κ2) is 34.3. The summed E-state index contributed by atoms with van der Waals surface area (Å²) in [6, 6.07) is 3.60. The Morgan fingerprint density at radius 1 is 0.549 bits per heavy atom. The molecule has 0 spiro atoms. The zero-order chi connectivity index (χ0) is 36.5. The molecule has 51 heavy (non-hydrogen) atoms. The number of carbonyl (C=O) groups is 2. The van der Waals surface area contributed by atoms with Gasteiger partial charge >= 0.3 is 41.5 Å². The van der Waals surface area contributed by atoms with Crippen molar-refractivity contribution in [2.75, 3.05) is 13.2 Å². The van der Waals surface area contributed by atoms with Gasteiger partial charge in [-0.3, -0.25) is 0 Å². The molecule has 0 aliphatic rings. The van der Waals surface area contributed by atoms with Crippen molar-refractivity contribution >= 4 is 22.1 Å². The molecule has 1 aromatic carbocycles. The Labute approximate surface area is 334 Å². The van der Waals surface area contributed by atoms with E-state index >= 15 is 0 Å². The average molecular weight is 741 g/mol. The van der Waals surface area contributed by atoms with E-state index in [9.17, 15) is 22.6 Å². The molecule has 0 aromatic heterocycles. The summed E-state index contributed by atoms with van der Waals surface area (Å²) in [5.41, 5.74) is -0.793. The molecule has 0 amide bonds. The second-order valence-corrected chi connectivity index (χ2v) is 14.9. The summed E-state index contributed by atoms with van der Waals surface area (Å²) in [5, 5.41) is 0. The first-order valence-corrected chi connectivity index (χ1v) is 21.5. The predicted octanol–water partition coefficient (Wildman–Crippen LogP) is 9.20. The summed E-state index contributed by atoms with van der Waals surface area (Å²) in [5.74, 6) is -1.83. The van der Waals surface area contributed by atoms with Crippen molar-refractivity contribution in [3.63, 3.8) is 0 Å². The van der Waals surface area contributed by atoms with Crippen molar-refractivity contribution < 1.29 is 61.6 Å². The fourth-order valence-corrected chi connectivity index (χ4v) is 6.63. The van der Waals surface area contributed by atoms with Gasteiger partial charge in [-0.25, -0.2) is 18.0 Å². The van der Waals surface area contributed by atoms with Crippen LogP contribution in [0.3, 0.4) is 0 Å². The Morgan fingerprint density at radius 3 is 1.29 bits per heavy atom. The SMILES string of the molecule is CCCCCCC/C=C/CCCCCCCCOC(=O)c1cccc(S(=O)(=O)[O-])c1C(=O)OCCCCCCCC/C=C/CCCCCCC.[Na+]. The summed E-state index contributed by atoms with van der Waals surface area (Å²) in [4.78, 5) is 25.1. The Hall–Kier alpha value is -1.45. The van der Waals surface area contributed by atoms with Crippen LogP contribution in [-0.2, 0) is 19.6 Å². The smallest absolute Gasteiger partial charge is 0.744 e. The van der Waals surface area contributed by atoms with Gasteiger partial charge in [-0.15, -0.1) is 0 Å². The van der Waals surface area contributed by atoms with Crippen LogP contribution >= 0.6 is 0 Å². The van der Waals surface area contributed by atoms with Gasteiger partial charge in [0, 0.05) is 0 Å². The van der Waals surface area contributed by atoms with E-state index in [2.05, 4.69) is 38.2 Å². The molecule has 0 fully saturated rings. The van der Waals surface area contributed by atoms with Crippen molar-refractivity contribution in [1.82, 2.24) is 0 Å². The van der Waals surface area contributed by atoms with E-state index < -0.39 is 32.5 Å². The molecule has 0 radical (unpaired) electrons. The number of esters is 2. The minimum Gasteiger partial charge on any atom is -0.744 e. The van der Waals surface area contributed by atoms with Gasteiger partial charge in [0.25, 0.3) is 0 Å². The van der Waals surface area contributed by atoms with Crippen LogP contribution in [0.5, 0.6) is 0 Å². The molecule has 1 aromatic rings. The zero-order valence-electron chi connectivity index (χ0n) is 32.6. The number of rotatable bonds is 33. The molecule has 0 saturated carbocycles. The van der Waals surface area contributed by atoms with E-state index in [0.29, 0.717) is 12.8 Å². The molecule has 7 nitrogen and oxygen atoms in total. The minimum absolute atomic E-state index is 0. The summed E-state index contributed by atoms with van der Waals surface area (Å²) in [6.45, 7) is 4.71. The van der Waals surface area contributed by atoms with E-state index in [0.717, 1.165) is 70.3 Å². The van der Waals surface area contributed by atoms with Gasteiger partial charge < -0.3 is 14.0 Å². The number of hydrogen-bond donors (Lipinski definition) is 0. The van der Waals surface area contributed by atoms with E-state index in [1.54, 1.807) is 0 Å². The van der Waals surface area contributed by atoms with Crippen molar-refractivity contribution in [2.45, 2.75) is 186 Å². The van der Waals surface area contributed by atoms with Crippen LogP contribution in [0.4, 0.5) is 0 Å². The monoisotopic (exact) mass is 740 g/mol. The van der Waals surface area contributed by atoms with Gasteiger partial charge in [-0.1, -0.05) is 147 Å². The summed E-state index contributed by atoms with van der Waals surface area (Å²) in [6.07, 6.45) is 38.9. The third-order valence-electron chi connectivity index (χ3n) is 9.00. The van der Waals surface area contributed by atoms with Crippen LogP contribution in [0.1, 0.15) is 202 Å². The molecule has 286 valence electrons. The van der Waals surface area contributed by atoms with Gasteiger partial charge in [-0.05, 0) is 76.3 Å². The molecule has 0 atom stereocenters. The van der Waals surface area contributed by atoms with Gasteiger partial charge in [0.1, 0.15) is 10.1 Å². The first-order chi connectivity index (χ1) is 24.3. The maximum Gasteiger partial charge on any atom is 1.00 e. The predicted molar refractivity (Wildman–Crippen MR) is 205 cm³/mol. The van der Waals surface area contributed by atoms with E-state index in [4.69, 9.17) is 9.47 Å². The molecule has 1 rings (SSSR count). The van der Waals surface area contributed by atoms with Gasteiger partial charge in [0.15, 0.2) is 0 Å². The molecule has 0 N–H and O–H groups in total. The molecule has 0 saturated heterocycles. The normalized spacial score (nSPS) is 11.7. The average Bonchev–Trinajstić information content (AvgIpc) is 3.10. The number of unbranched alkanes of at least 4 members (excludes halogenated alkanes) is 22. The molecule has 0 aliphatic carbocycles. The van der Waals surface area contributed by atoms with Gasteiger partial charge in [0.2, 0.25) is 0 Å².